The number of fused-ring (bicyclic) bond motifs is 8. The van der Waals surface area contributed by atoms with E-state index in [1.165, 1.54) is 43.3 Å². The summed E-state index contributed by atoms with van der Waals surface area (Å²) in [4.78, 5) is 10.3. The molecule has 7 aromatic rings. The first-order chi connectivity index (χ1) is 15.3. The van der Waals surface area contributed by atoms with Crippen LogP contribution in [0.15, 0.2) is 91.0 Å². The van der Waals surface area contributed by atoms with Gasteiger partial charge in [-0.15, -0.1) is 0 Å². The van der Waals surface area contributed by atoms with E-state index in [9.17, 15) is 0 Å². The first kappa shape index (κ1) is 16.7. The molecule has 2 nitrogen and oxygen atoms in total. The molecule has 2 heteroatoms. The zero-order valence-corrected chi connectivity index (χ0v) is 17.1. The van der Waals surface area contributed by atoms with E-state index in [0.29, 0.717) is 0 Å². The molecule has 0 aliphatic carbocycles. The Morgan fingerprint density at radius 2 is 1.06 bits per heavy atom. The van der Waals surface area contributed by atoms with Crippen LogP contribution in [0, 0.1) is 6.92 Å². The van der Waals surface area contributed by atoms with Crippen LogP contribution in [0.1, 0.15) is 5.56 Å². The van der Waals surface area contributed by atoms with Crippen molar-refractivity contribution in [3.05, 3.63) is 96.6 Å². The second kappa shape index (κ2) is 5.99. The van der Waals surface area contributed by atoms with Gasteiger partial charge in [0.2, 0.25) is 0 Å². The molecule has 0 unspecified atom stereocenters. The van der Waals surface area contributed by atoms with Gasteiger partial charge in [-0.3, -0.25) is 0 Å². The van der Waals surface area contributed by atoms with Crippen molar-refractivity contribution in [2.24, 2.45) is 0 Å². The van der Waals surface area contributed by atoms with Crippen molar-refractivity contribution in [2.45, 2.75) is 6.92 Å². The number of hydrogen-bond donors (Lipinski definition) is 0. The first-order valence-electron chi connectivity index (χ1n) is 10.6. The Morgan fingerprint density at radius 3 is 1.90 bits per heavy atom. The van der Waals surface area contributed by atoms with Crippen molar-refractivity contribution in [1.82, 2.24) is 9.97 Å². The van der Waals surface area contributed by atoms with Crippen molar-refractivity contribution in [2.75, 3.05) is 0 Å². The highest BCUT2D eigenvalue weighted by atomic mass is 14.8. The fraction of sp³-hybridized carbons (Fsp3) is 0.0345. The minimum Gasteiger partial charge on any atom is -0.244 e. The Morgan fingerprint density at radius 1 is 0.484 bits per heavy atom. The summed E-state index contributed by atoms with van der Waals surface area (Å²) in [5.74, 6) is 0. The molecule has 0 aliphatic heterocycles. The van der Waals surface area contributed by atoms with Crippen molar-refractivity contribution < 1.29 is 0 Å². The summed E-state index contributed by atoms with van der Waals surface area (Å²) >= 11 is 0. The molecule has 0 radical (unpaired) electrons. The minimum atomic E-state index is 0.940. The van der Waals surface area contributed by atoms with Gasteiger partial charge in [-0.2, -0.15) is 0 Å². The monoisotopic (exact) mass is 394 g/mol. The predicted molar refractivity (Wildman–Crippen MR) is 132 cm³/mol. The van der Waals surface area contributed by atoms with Crippen LogP contribution in [0.25, 0.3) is 65.2 Å². The molecule has 0 saturated heterocycles. The van der Waals surface area contributed by atoms with E-state index in [-0.39, 0.29) is 0 Å². The molecule has 1 heterocycles. The summed E-state index contributed by atoms with van der Waals surface area (Å²) < 4.78 is 0. The smallest absolute Gasteiger partial charge is 0.0975 e. The summed E-state index contributed by atoms with van der Waals surface area (Å²) in [7, 11) is 0. The lowest BCUT2D eigenvalue weighted by molar-refractivity contribution is 1.42. The molecule has 6 aromatic carbocycles. The van der Waals surface area contributed by atoms with Crippen LogP contribution in [-0.4, -0.2) is 9.97 Å². The van der Waals surface area contributed by atoms with E-state index in [2.05, 4.69) is 97.9 Å². The fourth-order valence-electron chi connectivity index (χ4n) is 5.02. The molecule has 0 amide bonds. The van der Waals surface area contributed by atoms with Gasteiger partial charge in [0.15, 0.2) is 0 Å². The van der Waals surface area contributed by atoms with E-state index in [1.54, 1.807) is 0 Å². The van der Waals surface area contributed by atoms with Crippen LogP contribution in [0.2, 0.25) is 0 Å². The summed E-state index contributed by atoms with van der Waals surface area (Å²) in [6.07, 6.45) is 0. The van der Waals surface area contributed by atoms with E-state index < -0.39 is 0 Å². The molecule has 144 valence electrons. The van der Waals surface area contributed by atoms with Gasteiger partial charge in [0.1, 0.15) is 0 Å². The molecular formula is C29H18N2. The standard InChI is InChI=1S/C29H18N2/c1-17-23-9-5-4-8-20(23)15-22-11-13-26-29(27(17)22)31-25-12-10-21-14-18-6-2-3-7-19(18)16-24(21)28(25)30-26/h2-16H,1H3. The highest BCUT2D eigenvalue weighted by molar-refractivity contribution is 6.16. The summed E-state index contributed by atoms with van der Waals surface area (Å²) in [6.45, 7) is 2.20. The van der Waals surface area contributed by atoms with Crippen molar-refractivity contribution in [1.29, 1.82) is 0 Å². The zero-order valence-electron chi connectivity index (χ0n) is 17.1. The zero-order chi connectivity index (χ0) is 20.5. The van der Waals surface area contributed by atoms with Crippen molar-refractivity contribution in [3.63, 3.8) is 0 Å². The average Bonchev–Trinajstić information content (AvgIpc) is 2.81. The number of aryl methyl sites for hydroxylation is 1. The summed E-state index contributed by atoms with van der Waals surface area (Å²) in [5, 5.41) is 9.77. The predicted octanol–water partition coefficient (Wildman–Crippen LogP) is 7.70. The number of rotatable bonds is 0. The third-order valence-corrected chi connectivity index (χ3v) is 6.54. The molecule has 0 fully saturated rings. The molecule has 0 spiro atoms. The van der Waals surface area contributed by atoms with Gasteiger partial charge in [0.05, 0.1) is 22.1 Å². The van der Waals surface area contributed by atoms with E-state index in [0.717, 1.165) is 27.5 Å². The highest BCUT2D eigenvalue weighted by Gasteiger charge is 2.12. The van der Waals surface area contributed by atoms with Crippen LogP contribution in [0.5, 0.6) is 0 Å². The number of nitrogens with zero attached hydrogens (tertiary/aromatic N) is 2. The van der Waals surface area contributed by atoms with E-state index in [4.69, 9.17) is 9.97 Å². The second-order valence-corrected chi connectivity index (χ2v) is 8.33. The molecule has 0 atom stereocenters. The molecule has 0 saturated carbocycles. The maximum Gasteiger partial charge on any atom is 0.0975 e. The third kappa shape index (κ3) is 2.33. The Hall–Kier alpha value is -4.04. The van der Waals surface area contributed by atoms with Gasteiger partial charge in [-0.05, 0) is 75.1 Å². The molecule has 0 aliphatic rings. The van der Waals surface area contributed by atoms with E-state index >= 15 is 0 Å². The van der Waals surface area contributed by atoms with E-state index in [1.807, 2.05) is 0 Å². The largest absolute Gasteiger partial charge is 0.244 e. The number of hydrogen-bond acceptors (Lipinski definition) is 2. The van der Waals surface area contributed by atoms with Gasteiger partial charge in [0, 0.05) is 10.8 Å². The number of aromatic nitrogens is 2. The van der Waals surface area contributed by atoms with Gasteiger partial charge < -0.3 is 0 Å². The normalized spacial score (nSPS) is 12.0. The first-order valence-corrected chi connectivity index (χ1v) is 10.6. The van der Waals surface area contributed by atoms with Crippen molar-refractivity contribution >= 4 is 65.2 Å². The average molecular weight is 394 g/mol. The molecule has 7 rings (SSSR count). The van der Waals surface area contributed by atoms with Crippen LogP contribution in [-0.2, 0) is 0 Å². The van der Waals surface area contributed by atoms with Crippen LogP contribution >= 0.6 is 0 Å². The topological polar surface area (TPSA) is 25.8 Å². The Kier molecular flexibility index (Phi) is 3.23. The Labute approximate surface area is 178 Å². The lowest BCUT2D eigenvalue weighted by atomic mass is 9.96. The Balaban J connectivity index is 1.64. The lowest BCUT2D eigenvalue weighted by Gasteiger charge is -2.11. The SMILES string of the molecule is Cc1c2ccccc2cc2ccc3nc4c(ccc5cc6ccccc6cc54)nc3c12. The minimum absolute atomic E-state index is 0.940. The maximum absolute atomic E-state index is 5.14. The lowest BCUT2D eigenvalue weighted by Crippen LogP contribution is -1.92. The molecular weight excluding hydrogens is 376 g/mol. The Bertz CT molecular complexity index is 1850. The van der Waals surface area contributed by atoms with Crippen LogP contribution in [0.4, 0.5) is 0 Å². The van der Waals surface area contributed by atoms with Gasteiger partial charge in [-0.1, -0.05) is 60.7 Å². The fourth-order valence-corrected chi connectivity index (χ4v) is 5.02. The van der Waals surface area contributed by atoms with Crippen LogP contribution < -0.4 is 0 Å². The molecule has 31 heavy (non-hydrogen) atoms. The highest BCUT2D eigenvalue weighted by Crippen LogP contribution is 2.34. The third-order valence-electron chi connectivity index (χ3n) is 6.54. The van der Waals surface area contributed by atoms with Crippen molar-refractivity contribution in [3.8, 4) is 0 Å². The molecule has 1 aromatic heterocycles. The quantitative estimate of drug-likeness (QED) is 0.194. The summed E-state index contributed by atoms with van der Waals surface area (Å²) in [5.41, 5.74) is 5.09. The molecule has 0 N–H and O–H groups in total. The van der Waals surface area contributed by atoms with Gasteiger partial charge >= 0.3 is 0 Å². The van der Waals surface area contributed by atoms with Crippen LogP contribution in [0.3, 0.4) is 0 Å². The van der Waals surface area contributed by atoms with Gasteiger partial charge in [0.25, 0.3) is 0 Å². The maximum atomic E-state index is 5.14. The van der Waals surface area contributed by atoms with Gasteiger partial charge in [-0.25, -0.2) is 9.97 Å². The number of benzene rings is 6. The summed E-state index contributed by atoms with van der Waals surface area (Å²) in [6, 6.07) is 32.3. The second-order valence-electron chi connectivity index (χ2n) is 8.33. The molecule has 0 bridgehead atoms.